The summed E-state index contributed by atoms with van der Waals surface area (Å²) in [6.07, 6.45) is -4.61. The highest BCUT2D eigenvalue weighted by Gasteiger charge is 2.35. The van der Waals surface area contributed by atoms with Gasteiger partial charge in [0, 0.05) is 5.02 Å². The zero-order valence-electron chi connectivity index (χ0n) is 7.65. The quantitative estimate of drug-likeness (QED) is 0.802. The fourth-order valence-electron chi connectivity index (χ4n) is 1.12. The van der Waals surface area contributed by atoms with Crippen molar-refractivity contribution in [3.05, 3.63) is 33.8 Å². The van der Waals surface area contributed by atoms with E-state index >= 15 is 0 Å². The molecule has 0 bridgehead atoms. The molecule has 0 radical (unpaired) electrons. The van der Waals surface area contributed by atoms with Crippen molar-refractivity contribution in [1.82, 2.24) is 0 Å². The number of benzene rings is 1. The Morgan fingerprint density at radius 3 is 2.33 bits per heavy atom. The summed E-state index contributed by atoms with van der Waals surface area (Å²) >= 11 is 5.60. The van der Waals surface area contributed by atoms with Gasteiger partial charge in [-0.1, -0.05) is 11.6 Å². The lowest BCUT2D eigenvalue weighted by Crippen LogP contribution is -2.19. The molecule has 6 heteroatoms. The van der Waals surface area contributed by atoms with Crippen molar-refractivity contribution in [2.45, 2.75) is 13.1 Å². The number of rotatable bonds is 1. The standard InChI is InChI=1S/C9H7ClF3NO/c1-4-2-6(9(11,12)13)5(8(14)15)3-7(4)10/h2-3H,1H3,(H2,14,15). The van der Waals surface area contributed by atoms with Gasteiger partial charge in [-0.3, -0.25) is 4.79 Å². The summed E-state index contributed by atoms with van der Waals surface area (Å²) in [5.74, 6) is -1.15. The molecule has 0 spiro atoms. The number of alkyl halides is 3. The number of carbonyl (C=O) groups excluding carboxylic acids is 1. The fourth-order valence-corrected chi connectivity index (χ4v) is 1.28. The molecule has 1 aromatic rings. The SMILES string of the molecule is Cc1cc(C(F)(F)F)c(C(N)=O)cc1Cl. The lowest BCUT2D eigenvalue weighted by molar-refractivity contribution is -0.137. The maximum atomic E-state index is 12.5. The minimum Gasteiger partial charge on any atom is -0.366 e. The van der Waals surface area contributed by atoms with E-state index in [9.17, 15) is 18.0 Å². The van der Waals surface area contributed by atoms with E-state index in [4.69, 9.17) is 17.3 Å². The van der Waals surface area contributed by atoms with Gasteiger partial charge in [0.05, 0.1) is 11.1 Å². The number of halogens is 4. The van der Waals surface area contributed by atoms with Crippen molar-refractivity contribution in [2.24, 2.45) is 5.73 Å². The minimum absolute atomic E-state index is 0.0804. The van der Waals surface area contributed by atoms with Gasteiger partial charge >= 0.3 is 6.18 Å². The number of primary amides is 1. The van der Waals surface area contributed by atoms with E-state index in [0.29, 0.717) is 0 Å². The number of nitrogens with two attached hydrogens (primary N) is 1. The number of aryl methyl sites for hydroxylation is 1. The first-order valence-corrected chi connectivity index (χ1v) is 4.28. The van der Waals surface area contributed by atoms with E-state index in [0.717, 1.165) is 12.1 Å². The van der Waals surface area contributed by atoms with Gasteiger partial charge in [0.2, 0.25) is 5.91 Å². The molecule has 0 fully saturated rings. The summed E-state index contributed by atoms with van der Waals surface area (Å²) in [6.45, 7) is 1.42. The second-order valence-corrected chi connectivity index (χ2v) is 3.42. The highest BCUT2D eigenvalue weighted by atomic mass is 35.5. The predicted molar refractivity (Wildman–Crippen MR) is 49.7 cm³/mol. The number of amides is 1. The van der Waals surface area contributed by atoms with E-state index in [1.165, 1.54) is 6.92 Å². The molecule has 2 N–H and O–H groups in total. The Morgan fingerprint density at radius 2 is 1.93 bits per heavy atom. The molecular weight excluding hydrogens is 231 g/mol. The van der Waals surface area contributed by atoms with Gasteiger partial charge in [-0.05, 0) is 24.6 Å². The molecule has 0 aliphatic rings. The largest absolute Gasteiger partial charge is 0.417 e. The van der Waals surface area contributed by atoms with Crippen molar-refractivity contribution in [2.75, 3.05) is 0 Å². The maximum Gasteiger partial charge on any atom is 0.417 e. The van der Waals surface area contributed by atoms with E-state index < -0.39 is 23.2 Å². The molecular formula is C9H7ClF3NO. The Bertz CT molecular complexity index is 415. The van der Waals surface area contributed by atoms with Gasteiger partial charge in [-0.25, -0.2) is 0 Å². The number of carbonyl (C=O) groups is 1. The number of hydrogen-bond donors (Lipinski definition) is 1. The second-order valence-electron chi connectivity index (χ2n) is 3.01. The zero-order chi connectivity index (χ0) is 11.8. The molecule has 0 saturated carbocycles. The summed E-state index contributed by atoms with van der Waals surface area (Å²) in [5.41, 5.74) is 3.41. The van der Waals surface area contributed by atoms with E-state index in [2.05, 4.69) is 0 Å². The van der Waals surface area contributed by atoms with Gasteiger partial charge < -0.3 is 5.73 Å². The van der Waals surface area contributed by atoms with Crippen molar-refractivity contribution < 1.29 is 18.0 Å². The van der Waals surface area contributed by atoms with Gasteiger partial charge in [0.15, 0.2) is 0 Å². The average molecular weight is 238 g/mol. The zero-order valence-corrected chi connectivity index (χ0v) is 8.41. The van der Waals surface area contributed by atoms with Crippen LogP contribution in [0.4, 0.5) is 13.2 Å². The Kier molecular flexibility index (Phi) is 2.95. The van der Waals surface area contributed by atoms with Crippen LogP contribution >= 0.6 is 11.6 Å². The smallest absolute Gasteiger partial charge is 0.366 e. The van der Waals surface area contributed by atoms with Crippen LogP contribution in [0, 0.1) is 6.92 Å². The van der Waals surface area contributed by atoms with Gasteiger partial charge in [-0.2, -0.15) is 13.2 Å². The van der Waals surface area contributed by atoms with Crippen LogP contribution in [0.5, 0.6) is 0 Å². The summed E-state index contributed by atoms with van der Waals surface area (Å²) < 4.78 is 37.4. The first-order chi connectivity index (χ1) is 6.73. The van der Waals surface area contributed by atoms with E-state index in [1.54, 1.807) is 0 Å². The molecule has 0 aliphatic heterocycles. The Labute approximate surface area is 88.8 Å². The van der Waals surface area contributed by atoms with E-state index in [1.807, 2.05) is 0 Å². The minimum atomic E-state index is -4.61. The first-order valence-electron chi connectivity index (χ1n) is 3.90. The van der Waals surface area contributed by atoms with Crippen molar-refractivity contribution in [3.8, 4) is 0 Å². The molecule has 0 aliphatic carbocycles. The Balaban J connectivity index is 3.49. The van der Waals surface area contributed by atoms with Crippen LogP contribution in [0.25, 0.3) is 0 Å². The molecule has 1 rings (SSSR count). The van der Waals surface area contributed by atoms with E-state index in [-0.39, 0.29) is 10.6 Å². The third-order valence-electron chi connectivity index (χ3n) is 1.87. The van der Waals surface area contributed by atoms with Crippen LogP contribution in [0.15, 0.2) is 12.1 Å². The topological polar surface area (TPSA) is 43.1 Å². The van der Waals surface area contributed by atoms with Crippen molar-refractivity contribution >= 4 is 17.5 Å². The maximum absolute atomic E-state index is 12.5. The molecule has 0 saturated heterocycles. The van der Waals surface area contributed by atoms with Crippen molar-refractivity contribution in [1.29, 1.82) is 0 Å². The molecule has 1 aromatic carbocycles. The summed E-state index contributed by atoms with van der Waals surface area (Å²) in [7, 11) is 0. The van der Waals surface area contributed by atoms with Crippen LogP contribution < -0.4 is 5.73 Å². The van der Waals surface area contributed by atoms with Crippen LogP contribution in [-0.4, -0.2) is 5.91 Å². The monoisotopic (exact) mass is 237 g/mol. The van der Waals surface area contributed by atoms with Gasteiger partial charge in [0.1, 0.15) is 0 Å². The third-order valence-corrected chi connectivity index (χ3v) is 2.28. The van der Waals surface area contributed by atoms with Crippen LogP contribution in [0.3, 0.4) is 0 Å². The Morgan fingerprint density at radius 1 is 1.40 bits per heavy atom. The highest BCUT2D eigenvalue weighted by molar-refractivity contribution is 6.31. The second kappa shape index (κ2) is 3.73. The molecule has 0 heterocycles. The van der Waals surface area contributed by atoms with Gasteiger partial charge in [0.25, 0.3) is 0 Å². The Hall–Kier alpha value is -1.23. The molecule has 1 amide bonds. The molecule has 82 valence electrons. The number of hydrogen-bond acceptors (Lipinski definition) is 1. The van der Waals surface area contributed by atoms with Crippen LogP contribution in [-0.2, 0) is 6.18 Å². The van der Waals surface area contributed by atoms with Crippen LogP contribution in [0.2, 0.25) is 5.02 Å². The lowest BCUT2D eigenvalue weighted by atomic mass is 10.0. The average Bonchev–Trinajstić information content (AvgIpc) is 2.06. The summed E-state index contributed by atoms with van der Waals surface area (Å²) in [4.78, 5) is 10.8. The molecule has 15 heavy (non-hydrogen) atoms. The summed E-state index contributed by atoms with van der Waals surface area (Å²) in [5, 5.41) is 0.0804. The normalized spacial score (nSPS) is 11.5. The van der Waals surface area contributed by atoms with Crippen LogP contribution in [0.1, 0.15) is 21.5 Å². The fraction of sp³-hybridized carbons (Fsp3) is 0.222. The summed E-state index contributed by atoms with van der Waals surface area (Å²) in [6, 6.07) is 1.74. The van der Waals surface area contributed by atoms with Crippen molar-refractivity contribution in [3.63, 3.8) is 0 Å². The highest BCUT2D eigenvalue weighted by Crippen LogP contribution is 2.34. The molecule has 0 atom stereocenters. The molecule has 0 unspecified atom stereocenters. The predicted octanol–water partition coefficient (Wildman–Crippen LogP) is 2.77. The van der Waals surface area contributed by atoms with Gasteiger partial charge in [-0.15, -0.1) is 0 Å². The molecule has 0 aromatic heterocycles. The first kappa shape index (κ1) is 11.8. The lowest BCUT2D eigenvalue weighted by Gasteiger charge is -2.12. The molecule has 2 nitrogen and oxygen atoms in total. The third kappa shape index (κ3) is 2.41.